The summed E-state index contributed by atoms with van der Waals surface area (Å²) in [4.78, 5) is 23.5. The third kappa shape index (κ3) is 2.86. The van der Waals surface area contributed by atoms with E-state index in [2.05, 4.69) is 14.6 Å². The van der Waals surface area contributed by atoms with E-state index in [1.165, 1.54) is 13.2 Å². The topological polar surface area (TPSA) is 78.6 Å². The largest absolute Gasteiger partial charge is 0.465 e. The monoisotopic (exact) mass is 329 g/mol. The molecule has 21 heavy (non-hydrogen) atoms. The fraction of sp³-hybridized carbons (Fsp3) is 0.154. The summed E-state index contributed by atoms with van der Waals surface area (Å²) in [5.41, 5.74) is 0.290. The number of methoxy groups -OCH3 is 2. The molecule has 0 aliphatic carbocycles. The molecule has 0 unspecified atom stereocenters. The van der Waals surface area contributed by atoms with Gasteiger partial charge in [0.25, 0.3) is 5.76 Å². The van der Waals surface area contributed by atoms with Crippen molar-refractivity contribution in [1.82, 2.24) is 5.16 Å². The second kappa shape index (κ2) is 6.15. The van der Waals surface area contributed by atoms with Crippen molar-refractivity contribution < 1.29 is 23.6 Å². The first-order valence-corrected chi connectivity index (χ1v) is 6.37. The molecule has 0 saturated heterocycles. The minimum Gasteiger partial charge on any atom is -0.465 e. The number of hydrogen-bond donors (Lipinski definition) is 0. The van der Waals surface area contributed by atoms with E-state index in [-0.39, 0.29) is 22.0 Å². The van der Waals surface area contributed by atoms with Gasteiger partial charge in [-0.05, 0) is 18.2 Å². The van der Waals surface area contributed by atoms with Gasteiger partial charge in [0.2, 0.25) is 0 Å². The summed E-state index contributed by atoms with van der Waals surface area (Å²) in [6, 6.07) is 4.60. The Morgan fingerprint density at radius 2 is 1.81 bits per heavy atom. The Hall–Kier alpha value is -2.05. The van der Waals surface area contributed by atoms with Crippen LogP contribution in [0.4, 0.5) is 0 Å². The Kier molecular flexibility index (Phi) is 4.50. The molecule has 2 aromatic rings. The summed E-state index contributed by atoms with van der Waals surface area (Å²) in [6.45, 7) is 0. The van der Waals surface area contributed by atoms with Gasteiger partial charge in [0.15, 0.2) is 0 Å². The summed E-state index contributed by atoms with van der Waals surface area (Å²) in [7, 11) is 2.32. The summed E-state index contributed by atoms with van der Waals surface area (Å²) >= 11 is 11.9. The number of esters is 2. The second-order valence-corrected chi connectivity index (χ2v) is 4.69. The molecule has 2 rings (SSSR count). The molecule has 110 valence electrons. The molecule has 0 saturated carbocycles. The number of carbonyl (C=O) groups excluding carboxylic acids is 2. The Balaban J connectivity index is 2.66. The van der Waals surface area contributed by atoms with Crippen molar-refractivity contribution in [2.45, 2.75) is 0 Å². The van der Waals surface area contributed by atoms with Gasteiger partial charge in [0.05, 0.1) is 19.2 Å². The van der Waals surface area contributed by atoms with Gasteiger partial charge in [-0.25, -0.2) is 9.59 Å². The first-order valence-electron chi connectivity index (χ1n) is 5.61. The maximum atomic E-state index is 11.9. The van der Waals surface area contributed by atoms with Crippen LogP contribution in [0.1, 0.15) is 20.9 Å². The van der Waals surface area contributed by atoms with Crippen molar-refractivity contribution in [1.29, 1.82) is 0 Å². The third-order valence-electron chi connectivity index (χ3n) is 2.64. The predicted molar refractivity (Wildman–Crippen MR) is 74.6 cm³/mol. The molecule has 0 aliphatic heterocycles. The molecule has 0 bridgehead atoms. The first kappa shape index (κ1) is 15.3. The fourth-order valence-corrected chi connectivity index (χ4v) is 2.18. The lowest BCUT2D eigenvalue weighted by molar-refractivity contribution is 0.0521. The van der Waals surface area contributed by atoms with E-state index in [4.69, 9.17) is 27.7 Å². The summed E-state index contributed by atoms with van der Waals surface area (Å²) in [5.74, 6) is -2.00. The van der Waals surface area contributed by atoms with Gasteiger partial charge in [-0.2, -0.15) is 0 Å². The molecule has 0 radical (unpaired) electrons. The van der Waals surface area contributed by atoms with E-state index in [0.29, 0.717) is 10.6 Å². The van der Waals surface area contributed by atoms with Crippen LogP contribution in [0.3, 0.4) is 0 Å². The Morgan fingerprint density at radius 1 is 1.14 bits per heavy atom. The maximum absolute atomic E-state index is 11.9. The van der Waals surface area contributed by atoms with Crippen LogP contribution in [0.15, 0.2) is 22.7 Å². The summed E-state index contributed by atoms with van der Waals surface area (Å²) in [5, 5.41) is 4.38. The number of halogens is 2. The van der Waals surface area contributed by atoms with Crippen molar-refractivity contribution >= 4 is 35.1 Å². The average Bonchev–Trinajstić information content (AvgIpc) is 2.90. The molecule has 0 aliphatic rings. The molecule has 1 aromatic heterocycles. The predicted octanol–water partition coefficient (Wildman–Crippen LogP) is 3.22. The molecule has 0 N–H and O–H groups in total. The number of benzene rings is 1. The van der Waals surface area contributed by atoms with Crippen LogP contribution in [0.2, 0.25) is 10.0 Å². The number of rotatable bonds is 3. The number of nitrogens with zero attached hydrogens (tertiary/aromatic N) is 1. The molecular weight excluding hydrogens is 321 g/mol. The van der Waals surface area contributed by atoms with Crippen LogP contribution in [-0.2, 0) is 9.47 Å². The Morgan fingerprint density at radius 3 is 2.38 bits per heavy atom. The zero-order valence-corrected chi connectivity index (χ0v) is 12.5. The van der Waals surface area contributed by atoms with Gasteiger partial charge in [0.1, 0.15) is 11.3 Å². The fourth-order valence-electron chi connectivity index (χ4n) is 1.68. The van der Waals surface area contributed by atoms with Crippen molar-refractivity contribution in [2.75, 3.05) is 14.2 Å². The summed E-state index contributed by atoms with van der Waals surface area (Å²) in [6.07, 6.45) is 0. The molecule has 0 amide bonds. The minimum atomic E-state index is -0.848. The zero-order chi connectivity index (χ0) is 15.6. The van der Waals surface area contributed by atoms with E-state index in [0.717, 1.165) is 7.11 Å². The zero-order valence-electron chi connectivity index (χ0n) is 11.0. The van der Waals surface area contributed by atoms with Crippen LogP contribution in [0.5, 0.6) is 0 Å². The quantitative estimate of drug-likeness (QED) is 0.804. The van der Waals surface area contributed by atoms with E-state index in [1.807, 2.05) is 0 Å². The van der Waals surface area contributed by atoms with Crippen LogP contribution < -0.4 is 0 Å². The van der Waals surface area contributed by atoms with Gasteiger partial charge in [-0.15, -0.1) is 0 Å². The van der Waals surface area contributed by atoms with Gasteiger partial charge >= 0.3 is 11.9 Å². The molecule has 0 fully saturated rings. The van der Waals surface area contributed by atoms with E-state index in [1.54, 1.807) is 12.1 Å². The third-order valence-corrected chi connectivity index (χ3v) is 3.19. The lowest BCUT2D eigenvalue weighted by Crippen LogP contribution is -2.10. The van der Waals surface area contributed by atoms with Gasteiger partial charge < -0.3 is 14.0 Å². The van der Waals surface area contributed by atoms with Gasteiger partial charge in [0, 0.05) is 10.6 Å². The lowest BCUT2D eigenvalue weighted by Gasteiger charge is -2.04. The second-order valence-electron chi connectivity index (χ2n) is 3.84. The highest BCUT2D eigenvalue weighted by Gasteiger charge is 2.30. The van der Waals surface area contributed by atoms with Crippen LogP contribution in [0, 0.1) is 0 Å². The molecule has 0 spiro atoms. The Bertz CT molecular complexity index is 711. The first-order chi connectivity index (χ1) is 9.99. The van der Waals surface area contributed by atoms with Crippen molar-refractivity contribution in [2.24, 2.45) is 0 Å². The molecule has 0 atom stereocenters. The molecule has 6 nitrogen and oxygen atoms in total. The normalized spacial score (nSPS) is 10.3. The maximum Gasteiger partial charge on any atom is 0.377 e. The smallest absolute Gasteiger partial charge is 0.377 e. The van der Waals surface area contributed by atoms with E-state index >= 15 is 0 Å². The molecular formula is C13H9Cl2NO5. The summed E-state index contributed by atoms with van der Waals surface area (Å²) < 4.78 is 14.1. The van der Waals surface area contributed by atoms with Crippen LogP contribution in [-0.4, -0.2) is 31.3 Å². The van der Waals surface area contributed by atoms with Gasteiger partial charge in [-0.3, -0.25) is 0 Å². The van der Waals surface area contributed by atoms with Crippen LogP contribution in [0.25, 0.3) is 11.3 Å². The van der Waals surface area contributed by atoms with Crippen molar-refractivity contribution in [3.05, 3.63) is 39.6 Å². The van der Waals surface area contributed by atoms with Crippen molar-refractivity contribution in [3.8, 4) is 11.3 Å². The van der Waals surface area contributed by atoms with Crippen molar-refractivity contribution in [3.63, 3.8) is 0 Å². The SMILES string of the molecule is COC(=O)c1onc(-c2ccc(Cl)cc2Cl)c1C(=O)OC. The number of ether oxygens (including phenoxy) is 2. The average molecular weight is 330 g/mol. The van der Waals surface area contributed by atoms with E-state index < -0.39 is 11.9 Å². The lowest BCUT2D eigenvalue weighted by atomic mass is 10.1. The number of carbonyl (C=O) groups is 2. The van der Waals surface area contributed by atoms with Gasteiger partial charge in [-0.1, -0.05) is 28.4 Å². The Labute approximate surface area is 129 Å². The molecule has 1 aromatic carbocycles. The van der Waals surface area contributed by atoms with Crippen LogP contribution >= 0.6 is 23.2 Å². The molecule has 1 heterocycles. The highest BCUT2D eigenvalue weighted by atomic mass is 35.5. The number of aromatic nitrogens is 1. The minimum absolute atomic E-state index is 0.0731. The number of hydrogen-bond acceptors (Lipinski definition) is 6. The molecule has 8 heteroatoms. The highest BCUT2D eigenvalue weighted by Crippen LogP contribution is 2.33. The highest BCUT2D eigenvalue weighted by molar-refractivity contribution is 6.36. The van der Waals surface area contributed by atoms with E-state index in [9.17, 15) is 9.59 Å². The standard InChI is InChI=1S/C13H9Cl2NO5/c1-19-12(17)9-10(16-21-11(9)13(18)20-2)7-4-3-6(14)5-8(7)15/h3-5H,1-2H3.